The molecule has 0 fully saturated rings. The van der Waals surface area contributed by atoms with E-state index in [9.17, 15) is 0 Å². The summed E-state index contributed by atoms with van der Waals surface area (Å²) in [4.78, 5) is 4.09. The van der Waals surface area contributed by atoms with Crippen LogP contribution in [-0.4, -0.2) is 16.4 Å². The van der Waals surface area contributed by atoms with Gasteiger partial charge in [0.05, 0.1) is 6.21 Å². The summed E-state index contributed by atoms with van der Waals surface area (Å²) in [5.41, 5.74) is 1.39. The van der Waals surface area contributed by atoms with Crippen LogP contribution in [0.2, 0.25) is 0 Å². The maximum atomic E-state index is 8.29. The maximum absolute atomic E-state index is 8.29. The predicted molar refractivity (Wildman–Crippen MR) is 51.3 cm³/mol. The summed E-state index contributed by atoms with van der Waals surface area (Å²) >= 11 is 0. The second-order valence-electron chi connectivity index (χ2n) is 2.69. The Morgan fingerprint density at radius 2 is 2.07 bits per heavy atom. The second-order valence-corrected chi connectivity index (χ2v) is 2.69. The van der Waals surface area contributed by atoms with Gasteiger partial charge in [-0.3, -0.25) is 0 Å². The van der Waals surface area contributed by atoms with Crippen LogP contribution in [0.25, 0.3) is 11.5 Å². The summed E-state index contributed by atoms with van der Waals surface area (Å²) in [7, 11) is 0. The number of hydrogen-bond donors (Lipinski definition) is 1. The normalized spacial score (nSPS) is 10.9. The van der Waals surface area contributed by atoms with Crippen LogP contribution >= 0.6 is 0 Å². The van der Waals surface area contributed by atoms with Crippen molar-refractivity contribution in [3.8, 4) is 11.5 Å². The molecule has 0 bridgehead atoms. The maximum Gasteiger partial charge on any atom is 0.226 e. The van der Waals surface area contributed by atoms with Crippen LogP contribution < -0.4 is 0 Å². The molecule has 1 aromatic heterocycles. The van der Waals surface area contributed by atoms with Gasteiger partial charge in [0, 0.05) is 5.56 Å². The number of oxazole rings is 1. The first-order chi connectivity index (χ1) is 6.90. The van der Waals surface area contributed by atoms with Gasteiger partial charge in [-0.15, -0.1) is 0 Å². The quantitative estimate of drug-likeness (QED) is 0.446. The molecule has 70 valence electrons. The van der Waals surface area contributed by atoms with Gasteiger partial charge in [-0.25, -0.2) is 4.98 Å². The Hall–Kier alpha value is -2.10. The van der Waals surface area contributed by atoms with Crippen molar-refractivity contribution in [3.63, 3.8) is 0 Å². The number of oxime groups is 1. The van der Waals surface area contributed by atoms with Crippen LogP contribution in [0, 0.1) is 0 Å². The largest absolute Gasteiger partial charge is 0.444 e. The van der Waals surface area contributed by atoms with E-state index in [1.165, 1.54) is 12.5 Å². The van der Waals surface area contributed by atoms with Gasteiger partial charge in [0.1, 0.15) is 12.0 Å². The lowest BCUT2D eigenvalue weighted by atomic mass is 10.2. The molecule has 0 aliphatic heterocycles. The van der Waals surface area contributed by atoms with E-state index in [2.05, 4.69) is 10.1 Å². The molecule has 0 aliphatic carbocycles. The van der Waals surface area contributed by atoms with E-state index in [0.717, 1.165) is 5.56 Å². The lowest BCUT2D eigenvalue weighted by Gasteiger charge is -1.91. The molecule has 2 rings (SSSR count). The van der Waals surface area contributed by atoms with Gasteiger partial charge >= 0.3 is 0 Å². The molecule has 2 aromatic rings. The Balaban J connectivity index is 2.34. The fourth-order valence-electron chi connectivity index (χ4n) is 1.12. The van der Waals surface area contributed by atoms with E-state index in [4.69, 9.17) is 9.62 Å². The molecule has 1 N–H and O–H groups in total. The predicted octanol–water partition coefficient (Wildman–Crippen LogP) is 2.15. The molecule has 4 nitrogen and oxygen atoms in total. The highest BCUT2D eigenvalue weighted by Gasteiger charge is 2.03. The first kappa shape index (κ1) is 8.50. The van der Waals surface area contributed by atoms with Crippen LogP contribution in [0.3, 0.4) is 0 Å². The molecular formula is C10H8N2O2. The van der Waals surface area contributed by atoms with Gasteiger partial charge in [-0.2, -0.15) is 0 Å². The summed E-state index contributed by atoms with van der Waals surface area (Å²) in [6.45, 7) is 0. The lowest BCUT2D eigenvalue weighted by Crippen LogP contribution is -1.81. The monoisotopic (exact) mass is 188 g/mol. The van der Waals surface area contributed by atoms with E-state index in [1.807, 2.05) is 30.3 Å². The highest BCUT2D eigenvalue weighted by atomic mass is 16.4. The third-order valence-electron chi connectivity index (χ3n) is 1.73. The number of nitrogens with zero attached hydrogens (tertiary/aromatic N) is 2. The smallest absolute Gasteiger partial charge is 0.226 e. The molecule has 14 heavy (non-hydrogen) atoms. The molecule has 0 saturated carbocycles. The van der Waals surface area contributed by atoms with Crippen molar-refractivity contribution in [2.75, 3.05) is 0 Å². The Bertz CT molecular complexity index is 434. The third kappa shape index (κ3) is 1.64. The Morgan fingerprint density at radius 3 is 2.79 bits per heavy atom. The summed E-state index contributed by atoms with van der Waals surface area (Å²) in [6, 6.07) is 9.51. The lowest BCUT2D eigenvalue weighted by molar-refractivity contribution is 0.321. The zero-order chi connectivity index (χ0) is 9.80. The Morgan fingerprint density at radius 1 is 1.29 bits per heavy atom. The SMILES string of the molecule is ON=Cc1coc(-c2ccccc2)n1. The van der Waals surface area contributed by atoms with Crippen LogP contribution in [0.4, 0.5) is 0 Å². The summed E-state index contributed by atoms with van der Waals surface area (Å²) < 4.78 is 5.19. The van der Waals surface area contributed by atoms with Crippen LogP contribution in [0.1, 0.15) is 5.69 Å². The van der Waals surface area contributed by atoms with E-state index >= 15 is 0 Å². The van der Waals surface area contributed by atoms with Crippen LogP contribution in [0.5, 0.6) is 0 Å². The Labute approximate surface area is 80.5 Å². The van der Waals surface area contributed by atoms with E-state index in [0.29, 0.717) is 11.6 Å². The van der Waals surface area contributed by atoms with Crippen molar-refractivity contribution in [1.29, 1.82) is 0 Å². The Kier molecular flexibility index (Phi) is 2.27. The van der Waals surface area contributed by atoms with Crippen LogP contribution in [-0.2, 0) is 0 Å². The number of aromatic nitrogens is 1. The van der Waals surface area contributed by atoms with E-state index in [-0.39, 0.29) is 0 Å². The second kappa shape index (κ2) is 3.74. The summed E-state index contributed by atoms with van der Waals surface area (Å²) in [5.74, 6) is 0.514. The molecule has 0 unspecified atom stereocenters. The van der Waals surface area contributed by atoms with Crippen molar-refractivity contribution in [2.24, 2.45) is 5.16 Å². The minimum atomic E-state index is 0.492. The first-order valence-corrected chi connectivity index (χ1v) is 4.08. The first-order valence-electron chi connectivity index (χ1n) is 4.08. The summed E-state index contributed by atoms with van der Waals surface area (Å²) in [5, 5.41) is 11.2. The molecule has 0 atom stereocenters. The average molecular weight is 188 g/mol. The highest BCUT2D eigenvalue weighted by molar-refractivity contribution is 5.76. The average Bonchev–Trinajstić information content (AvgIpc) is 2.68. The van der Waals surface area contributed by atoms with Crippen molar-refractivity contribution >= 4 is 6.21 Å². The highest BCUT2D eigenvalue weighted by Crippen LogP contribution is 2.16. The van der Waals surface area contributed by atoms with Crippen molar-refractivity contribution < 1.29 is 9.62 Å². The third-order valence-corrected chi connectivity index (χ3v) is 1.73. The molecule has 0 saturated heterocycles. The van der Waals surface area contributed by atoms with Gasteiger partial charge in [0.2, 0.25) is 5.89 Å². The molecule has 0 amide bonds. The molecule has 0 aliphatic rings. The van der Waals surface area contributed by atoms with Crippen molar-refractivity contribution in [3.05, 3.63) is 42.3 Å². The number of hydrogen-bond acceptors (Lipinski definition) is 4. The van der Waals surface area contributed by atoms with Gasteiger partial charge in [0.15, 0.2) is 0 Å². The van der Waals surface area contributed by atoms with Gasteiger partial charge in [0.25, 0.3) is 0 Å². The molecule has 0 radical (unpaired) electrons. The molecular weight excluding hydrogens is 180 g/mol. The molecule has 1 aromatic carbocycles. The van der Waals surface area contributed by atoms with Crippen molar-refractivity contribution in [2.45, 2.75) is 0 Å². The van der Waals surface area contributed by atoms with Crippen molar-refractivity contribution in [1.82, 2.24) is 4.98 Å². The fourth-order valence-corrected chi connectivity index (χ4v) is 1.12. The van der Waals surface area contributed by atoms with E-state index < -0.39 is 0 Å². The van der Waals surface area contributed by atoms with Gasteiger partial charge < -0.3 is 9.62 Å². The fraction of sp³-hybridized carbons (Fsp3) is 0. The zero-order valence-corrected chi connectivity index (χ0v) is 7.29. The number of benzene rings is 1. The van der Waals surface area contributed by atoms with E-state index in [1.54, 1.807) is 0 Å². The van der Waals surface area contributed by atoms with Crippen LogP contribution in [0.15, 0.2) is 46.2 Å². The van der Waals surface area contributed by atoms with Gasteiger partial charge in [-0.05, 0) is 12.1 Å². The van der Waals surface area contributed by atoms with Gasteiger partial charge in [-0.1, -0.05) is 23.4 Å². The molecule has 1 heterocycles. The zero-order valence-electron chi connectivity index (χ0n) is 7.29. The molecule has 0 spiro atoms. The molecule has 4 heteroatoms. The minimum Gasteiger partial charge on any atom is -0.444 e. The minimum absolute atomic E-state index is 0.492. The topological polar surface area (TPSA) is 58.6 Å². The standard InChI is InChI=1S/C10H8N2O2/c13-11-6-9-7-14-10(12-9)8-4-2-1-3-5-8/h1-7,13H. The number of rotatable bonds is 2. The summed E-state index contributed by atoms with van der Waals surface area (Å²) in [6.07, 6.45) is 2.65.